The maximum atomic E-state index is 11.1. The molecule has 0 bridgehead atoms. The van der Waals surface area contributed by atoms with Crippen LogP contribution in [0.2, 0.25) is 0 Å². The van der Waals surface area contributed by atoms with Crippen molar-refractivity contribution < 1.29 is 5.11 Å². The summed E-state index contributed by atoms with van der Waals surface area (Å²) in [6.07, 6.45) is 17.6. The quantitative estimate of drug-likeness (QED) is 0.343. The van der Waals surface area contributed by atoms with E-state index >= 15 is 0 Å². The zero-order valence-corrected chi connectivity index (χ0v) is 19.3. The highest BCUT2D eigenvalue weighted by atomic mass is 32.3. The van der Waals surface area contributed by atoms with Gasteiger partial charge in [-0.05, 0) is 58.0 Å². The third-order valence-corrected chi connectivity index (χ3v) is 6.37. The highest BCUT2D eigenvalue weighted by molar-refractivity contribution is 8.51. The van der Waals surface area contributed by atoms with Gasteiger partial charge in [0, 0.05) is 12.2 Å². The van der Waals surface area contributed by atoms with Crippen molar-refractivity contribution in [1.29, 1.82) is 0 Å². The molecular formula is C21H33N3OS2. The van der Waals surface area contributed by atoms with E-state index in [2.05, 4.69) is 45.7 Å². The van der Waals surface area contributed by atoms with E-state index < -0.39 is 14.8 Å². The summed E-state index contributed by atoms with van der Waals surface area (Å²) in [4.78, 5) is 9.35. The fourth-order valence-electron chi connectivity index (χ4n) is 3.69. The number of thioether (sulfide) groups is 1. The number of fused-ring (bicyclic) bond motifs is 1. The monoisotopic (exact) mass is 407 g/mol. The molecule has 150 valence electrons. The van der Waals surface area contributed by atoms with Gasteiger partial charge >= 0.3 is 0 Å². The molecule has 2 heterocycles. The minimum Gasteiger partial charge on any atom is -0.384 e. The number of aliphatic hydroxyl groups is 1. The second-order valence-electron chi connectivity index (χ2n) is 10.00. The Bertz CT molecular complexity index is 921. The molecule has 0 aromatic carbocycles. The van der Waals surface area contributed by atoms with Gasteiger partial charge in [-0.15, -0.1) is 0 Å². The van der Waals surface area contributed by atoms with Crippen LogP contribution in [0, 0.1) is 11.2 Å². The molecule has 0 atom stereocenters. The molecule has 1 aliphatic carbocycles. The van der Waals surface area contributed by atoms with Crippen molar-refractivity contribution in [2.45, 2.75) is 56.3 Å². The third-order valence-electron chi connectivity index (χ3n) is 4.80. The lowest BCUT2D eigenvalue weighted by Crippen LogP contribution is -2.24. The molecule has 2 aromatic heterocycles. The van der Waals surface area contributed by atoms with Crippen LogP contribution in [-0.2, 0) is 5.60 Å². The van der Waals surface area contributed by atoms with E-state index in [0.29, 0.717) is 6.04 Å². The summed E-state index contributed by atoms with van der Waals surface area (Å²) in [7, 11) is -2.01. The number of aromatic nitrogens is 3. The standard InChI is InChI=1S/C21H33N3OS2/c1-21(2,25)18-16(12-13-27(4,5,6)7)17-14-22-20(26-3)23-19(17)24(18)15-10-8-9-11-15/h14-15,25,27H,8-11H2,1-7H3. The molecule has 1 aliphatic rings. The van der Waals surface area contributed by atoms with Crippen LogP contribution in [0.25, 0.3) is 11.0 Å². The summed E-state index contributed by atoms with van der Waals surface area (Å²) in [5, 5.41) is 16.4. The maximum absolute atomic E-state index is 11.1. The summed E-state index contributed by atoms with van der Waals surface area (Å²) in [5.41, 5.74) is 1.72. The fourth-order valence-corrected chi connectivity index (χ4v) is 4.59. The highest BCUT2D eigenvalue weighted by Gasteiger charge is 2.33. The van der Waals surface area contributed by atoms with Crippen LogP contribution in [0.15, 0.2) is 11.4 Å². The Labute approximate surface area is 167 Å². The summed E-state index contributed by atoms with van der Waals surface area (Å²) in [5.74, 6) is 3.47. The molecule has 3 rings (SSSR count). The first kappa shape index (κ1) is 20.6. The van der Waals surface area contributed by atoms with Crippen LogP contribution in [-0.4, -0.2) is 50.9 Å². The van der Waals surface area contributed by atoms with Gasteiger partial charge in [0.25, 0.3) is 0 Å². The number of thiol groups is 1. The summed E-state index contributed by atoms with van der Waals surface area (Å²) in [6, 6.07) is 0.371. The van der Waals surface area contributed by atoms with E-state index in [0.717, 1.165) is 40.3 Å². The van der Waals surface area contributed by atoms with Gasteiger partial charge in [-0.25, -0.2) is 19.1 Å². The smallest absolute Gasteiger partial charge is 0.189 e. The molecule has 27 heavy (non-hydrogen) atoms. The van der Waals surface area contributed by atoms with Crippen LogP contribution >= 0.6 is 20.9 Å². The van der Waals surface area contributed by atoms with Crippen molar-refractivity contribution >= 4 is 32.0 Å². The van der Waals surface area contributed by atoms with E-state index in [1.165, 1.54) is 12.8 Å². The molecule has 0 unspecified atom stereocenters. The average Bonchev–Trinajstić information content (AvgIpc) is 3.15. The second-order valence-corrected chi connectivity index (χ2v) is 18.2. The summed E-state index contributed by atoms with van der Waals surface area (Å²) >= 11 is 1.55. The zero-order chi connectivity index (χ0) is 20.1. The van der Waals surface area contributed by atoms with Crippen molar-refractivity contribution in [2.24, 2.45) is 0 Å². The molecule has 0 radical (unpaired) electrons. The Hall–Kier alpha value is -1.16. The van der Waals surface area contributed by atoms with E-state index in [4.69, 9.17) is 4.98 Å². The molecule has 1 saturated carbocycles. The Balaban J connectivity index is 2.39. The minimum atomic E-state index is -2.01. The van der Waals surface area contributed by atoms with Crippen molar-refractivity contribution in [3.63, 3.8) is 0 Å². The highest BCUT2D eigenvalue weighted by Crippen LogP contribution is 2.54. The molecular weight excluding hydrogens is 374 g/mol. The van der Waals surface area contributed by atoms with Crippen molar-refractivity contribution in [3.8, 4) is 11.2 Å². The fraction of sp³-hybridized carbons (Fsp3) is 0.619. The Morgan fingerprint density at radius 2 is 1.85 bits per heavy atom. The first-order chi connectivity index (χ1) is 12.4. The van der Waals surface area contributed by atoms with Crippen LogP contribution in [0.1, 0.15) is 56.8 Å². The molecule has 6 heteroatoms. The first-order valence-corrected chi connectivity index (χ1v) is 14.8. The van der Waals surface area contributed by atoms with Crippen LogP contribution in [0.3, 0.4) is 0 Å². The van der Waals surface area contributed by atoms with Crippen LogP contribution in [0.5, 0.6) is 0 Å². The zero-order valence-electron chi connectivity index (χ0n) is 17.6. The molecule has 0 spiro atoms. The molecule has 0 saturated heterocycles. The number of rotatable bonds is 3. The molecule has 2 aromatic rings. The lowest BCUT2D eigenvalue weighted by molar-refractivity contribution is 0.0682. The Morgan fingerprint density at radius 1 is 1.22 bits per heavy atom. The average molecular weight is 408 g/mol. The first-order valence-electron chi connectivity index (χ1n) is 9.59. The van der Waals surface area contributed by atoms with E-state index in [1.807, 2.05) is 26.3 Å². The van der Waals surface area contributed by atoms with Gasteiger partial charge in [0.2, 0.25) is 0 Å². The third kappa shape index (κ3) is 4.47. The largest absolute Gasteiger partial charge is 0.384 e. The van der Waals surface area contributed by atoms with Gasteiger partial charge in [0.1, 0.15) is 11.2 Å². The summed E-state index contributed by atoms with van der Waals surface area (Å²) < 4.78 is 2.28. The number of hydrogen-bond donors (Lipinski definition) is 2. The van der Waals surface area contributed by atoms with Gasteiger partial charge in [-0.3, -0.25) is 0 Å². The van der Waals surface area contributed by atoms with Gasteiger partial charge in [-0.1, -0.05) is 35.8 Å². The molecule has 1 fully saturated rings. The number of nitrogens with zero attached hydrogens (tertiary/aromatic N) is 3. The maximum Gasteiger partial charge on any atom is 0.189 e. The topological polar surface area (TPSA) is 50.9 Å². The summed E-state index contributed by atoms with van der Waals surface area (Å²) in [6.45, 7) is 3.71. The lowest BCUT2D eigenvalue weighted by atomic mass is 9.99. The molecule has 1 N–H and O–H groups in total. The Kier molecular flexibility index (Phi) is 5.12. The molecule has 0 aliphatic heterocycles. The number of hydrogen-bond acceptors (Lipinski definition) is 4. The second kappa shape index (κ2) is 6.72. The predicted molar refractivity (Wildman–Crippen MR) is 122 cm³/mol. The van der Waals surface area contributed by atoms with E-state index in [-0.39, 0.29) is 0 Å². The predicted octanol–water partition coefficient (Wildman–Crippen LogP) is 4.40. The van der Waals surface area contributed by atoms with Gasteiger partial charge in [0.15, 0.2) is 5.16 Å². The van der Waals surface area contributed by atoms with Crippen LogP contribution < -0.4 is 0 Å². The van der Waals surface area contributed by atoms with Gasteiger partial charge < -0.3 is 9.67 Å². The van der Waals surface area contributed by atoms with Crippen LogP contribution in [0.4, 0.5) is 0 Å². The molecule has 4 nitrogen and oxygen atoms in total. The normalized spacial score (nSPS) is 17.6. The van der Waals surface area contributed by atoms with E-state index in [1.54, 1.807) is 11.8 Å². The molecule has 0 amide bonds. The lowest BCUT2D eigenvalue weighted by Gasteiger charge is -2.40. The van der Waals surface area contributed by atoms with Crippen molar-refractivity contribution in [3.05, 3.63) is 17.5 Å². The Morgan fingerprint density at radius 3 is 2.37 bits per heavy atom. The van der Waals surface area contributed by atoms with Crippen molar-refractivity contribution in [1.82, 2.24) is 14.5 Å². The van der Waals surface area contributed by atoms with E-state index in [9.17, 15) is 5.11 Å². The SMILES string of the molecule is CSc1ncc2c(C#C[SH](C)(C)(C)C)c(C(C)(C)O)n(C3CCCC3)c2n1. The van der Waals surface area contributed by atoms with Gasteiger partial charge in [-0.2, -0.15) is 0 Å². The minimum absolute atomic E-state index is 0.371. The van der Waals surface area contributed by atoms with Crippen molar-refractivity contribution in [2.75, 3.05) is 31.3 Å². The van der Waals surface area contributed by atoms with Gasteiger partial charge in [0.05, 0.1) is 16.6 Å².